The van der Waals surface area contributed by atoms with Gasteiger partial charge in [0, 0.05) is 18.8 Å². The highest BCUT2D eigenvalue weighted by Crippen LogP contribution is 2.34. The van der Waals surface area contributed by atoms with Crippen LogP contribution < -0.4 is 5.32 Å². The molecule has 1 aliphatic rings. The quantitative estimate of drug-likeness (QED) is 0.628. The first-order chi connectivity index (χ1) is 14.1. The van der Waals surface area contributed by atoms with Crippen LogP contribution in [0.5, 0.6) is 0 Å². The van der Waals surface area contributed by atoms with Crippen molar-refractivity contribution in [2.75, 3.05) is 11.9 Å². The van der Waals surface area contributed by atoms with E-state index >= 15 is 0 Å². The fourth-order valence-electron chi connectivity index (χ4n) is 4.51. The molecule has 162 valence electrons. The Morgan fingerprint density at radius 3 is 2.07 bits per heavy atom. The average Bonchev–Trinajstić information content (AvgIpc) is 2.65. The lowest BCUT2D eigenvalue weighted by Crippen LogP contribution is -2.50. The molecule has 0 unspecified atom stereocenters. The topological polar surface area (TPSA) is 32.3 Å². The molecule has 0 fully saturated rings. The van der Waals surface area contributed by atoms with Crippen LogP contribution in [0.1, 0.15) is 82.6 Å². The number of hydrogen-bond donors (Lipinski definition) is 1. The highest BCUT2D eigenvalue weighted by molar-refractivity contribution is 5.96. The van der Waals surface area contributed by atoms with Gasteiger partial charge in [-0.2, -0.15) is 0 Å². The van der Waals surface area contributed by atoms with Crippen molar-refractivity contribution in [3.8, 4) is 0 Å². The number of hydrogen-bond acceptors (Lipinski definition) is 2. The minimum atomic E-state index is -0.153. The Bertz CT molecular complexity index is 866. The predicted octanol–water partition coefficient (Wildman–Crippen LogP) is 6.34. The van der Waals surface area contributed by atoms with Crippen LogP contribution in [0.3, 0.4) is 0 Å². The number of para-hydroxylation sites is 1. The molecule has 2 aromatic rings. The molecule has 0 aromatic heterocycles. The third-order valence-corrected chi connectivity index (χ3v) is 5.95. The molecule has 3 heteroatoms. The van der Waals surface area contributed by atoms with Gasteiger partial charge in [0.1, 0.15) is 0 Å². The number of carbonyl (C=O) groups excluding carboxylic acids is 1. The first kappa shape index (κ1) is 22.6. The van der Waals surface area contributed by atoms with Gasteiger partial charge in [0.25, 0.3) is 0 Å². The lowest BCUT2D eigenvalue weighted by atomic mass is 9.88. The maximum atomic E-state index is 13.7. The summed E-state index contributed by atoms with van der Waals surface area (Å²) < 4.78 is 0. The summed E-state index contributed by atoms with van der Waals surface area (Å²) in [6.45, 7) is 17.2. The molecule has 1 atom stereocenters. The average molecular weight is 407 g/mol. The zero-order valence-electron chi connectivity index (χ0n) is 19.8. The summed E-state index contributed by atoms with van der Waals surface area (Å²) in [6.07, 6.45) is 0.763. The van der Waals surface area contributed by atoms with Crippen LogP contribution in [0.4, 0.5) is 5.69 Å². The highest BCUT2D eigenvalue weighted by atomic mass is 16.2. The molecular formula is C27H38N2O. The number of amides is 1. The minimum Gasteiger partial charge on any atom is -0.324 e. The van der Waals surface area contributed by atoms with E-state index in [4.69, 9.17) is 0 Å². The van der Waals surface area contributed by atoms with Crippen molar-refractivity contribution < 1.29 is 4.79 Å². The van der Waals surface area contributed by atoms with Gasteiger partial charge in [0.2, 0.25) is 5.91 Å². The van der Waals surface area contributed by atoms with Crippen molar-refractivity contribution in [3.63, 3.8) is 0 Å². The molecule has 1 heterocycles. The van der Waals surface area contributed by atoms with E-state index in [-0.39, 0.29) is 17.4 Å². The SMILES string of the molecule is CC(C)c1cccc(C(C)C)c1NC(=O)[C@@H]1Cc2ccccc2CN1CC(C)(C)C. The third-order valence-electron chi connectivity index (χ3n) is 5.95. The Balaban J connectivity index is 1.95. The molecule has 0 saturated carbocycles. The maximum absolute atomic E-state index is 13.7. The molecule has 1 N–H and O–H groups in total. The smallest absolute Gasteiger partial charge is 0.242 e. The Labute approximate surface area is 182 Å². The number of carbonyl (C=O) groups is 1. The van der Waals surface area contributed by atoms with Crippen LogP contribution in [0, 0.1) is 5.41 Å². The van der Waals surface area contributed by atoms with Crippen molar-refractivity contribution in [2.45, 2.75) is 79.3 Å². The Kier molecular flexibility index (Phi) is 6.71. The first-order valence-electron chi connectivity index (χ1n) is 11.3. The molecule has 0 bridgehead atoms. The van der Waals surface area contributed by atoms with Gasteiger partial charge in [-0.15, -0.1) is 0 Å². The Morgan fingerprint density at radius 2 is 1.53 bits per heavy atom. The second kappa shape index (κ2) is 8.93. The third kappa shape index (κ3) is 5.13. The lowest BCUT2D eigenvalue weighted by Gasteiger charge is -2.39. The van der Waals surface area contributed by atoms with Gasteiger partial charge < -0.3 is 5.32 Å². The van der Waals surface area contributed by atoms with Crippen LogP contribution in [0.25, 0.3) is 0 Å². The van der Waals surface area contributed by atoms with Crippen LogP contribution in [0.15, 0.2) is 42.5 Å². The first-order valence-corrected chi connectivity index (χ1v) is 11.3. The maximum Gasteiger partial charge on any atom is 0.242 e. The summed E-state index contributed by atoms with van der Waals surface area (Å²) in [5, 5.41) is 3.38. The van der Waals surface area contributed by atoms with E-state index in [2.05, 4.69) is 101 Å². The van der Waals surface area contributed by atoms with E-state index in [9.17, 15) is 4.79 Å². The highest BCUT2D eigenvalue weighted by Gasteiger charge is 2.34. The molecule has 0 radical (unpaired) electrons. The standard InChI is InChI=1S/C27H38N2O/c1-18(2)22-13-10-14-23(19(3)4)25(22)28-26(30)24-15-20-11-8-9-12-21(20)16-29(24)17-27(5,6)7/h8-14,18-19,24H,15-17H2,1-7H3,(H,28,30)/t24-/m0/s1. The van der Waals surface area contributed by atoms with Gasteiger partial charge in [-0.25, -0.2) is 0 Å². The van der Waals surface area contributed by atoms with E-state index in [0.717, 1.165) is 25.2 Å². The van der Waals surface area contributed by atoms with Gasteiger partial charge in [0.15, 0.2) is 0 Å². The summed E-state index contributed by atoms with van der Waals surface area (Å²) in [5.74, 6) is 0.831. The van der Waals surface area contributed by atoms with Gasteiger partial charge in [-0.05, 0) is 45.9 Å². The molecule has 0 aliphatic carbocycles. The second-order valence-electron chi connectivity index (χ2n) is 10.6. The molecular weight excluding hydrogens is 368 g/mol. The fourth-order valence-corrected chi connectivity index (χ4v) is 4.51. The summed E-state index contributed by atoms with van der Waals surface area (Å²) in [7, 11) is 0. The number of nitrogens with zero attached hydrogens (tertiary/aromatic N) is 1. The van der Waals surface area contributed by atoms with Gasteiger partial charge in [-0.3, -0.25) is 9.69 Å². The zero-order valence-corrected chi connectivity index (χ0v) is 19.8. The van der Waals surface area contributed by atoms with Crippen molar-refractivity contribution in [3.05, 3.63) is 64.7 Å². The zero-order chi connectivity index (χ0) is 22.1. The molecule has 3 rings (SSSR count). The molecule has 3 nitrogen and oxygen atoms in total. The molecule has 1 aliphatic heterocycles. The summed E-state index contributed by atoms with van der Waals surface area (Å²) in [4.78, 5) is 16.0. The Morgan fingerprint density at radius 1 is 0.967 bits per heavy atom. The van der Waals surface area contributed by atoms with Gasteiger partial charge in [0.05, 0.1) is 6.04 Å². The van der Waals surface area contributed by atoms with Crippen molar-refractivity contribution in [1.82, 2.24) is 4.90 Å². The van der Waals surface area contributed by atoms with Crippen LogP contribution in [-0.2, 0) is 17.8 Å². The van der Waals surface area contributed by atoms with E-state index in [1.165, 1.54) is 22.3 Å². The molecule has 0 spiro atoms. The molecule has 0 saturated heterocycles. The molecule has 30 heavy (non-hydrogen) atoms. The summed E-state index contributed by atoms with van der Waals surface area (Å²) in [5.41, 5.74) is 6.22. The predicted molar refractivity (Wildman–Crippen MR) is 127 cm³/mol. The van der Waals surface area contributed by atoms with Crippen molar-refractivity contribution in [2.24, 2.45) is 5.41 Å². The number of benzene rings is 2. The van der Waals surface area contributed by atoms with E-state index in [1.54, 1.807) is 0 Å². The van der Waals surface area contributed by atoms with E-state index in [1.807, 2.05) is 0 Å². The Hall–Kier alpha value is -2.13. The molecule has 1 amide bonds. The van der Waals surface area contributed by atoms with Gasteiger partial charge in [-0.1, -0.05) is 90.9 Å². The summed E-state index contributed by atoms with van der Waals surface area (Å²) >= 11 is 0. The normalized spacial score (nSPS) is 17.3. The minimum absolute atomic E-state index is 0.115. The fraction of sp³-hybridized carbons (Fsp3) is 0.519. The van der Waals surface area contributed by atoms with Crippen LogP contribution in [0.2, 0.25) is 0 Å². The van der Waals surface area contributed by atoms with Crippen LogP contribution in [-0.4, -0.2) is 23.4 Å². The van der Waals surface area contributed by atoms with E-state index < -0.39 is 0 Å². The monoisotopic (exact) mass is 406 g/mol. The van der Waals surface area contributed by atoms with E-state index in [0.29, 0.717) is 11.8 Å². The number of fused-ring (bicyclic) bond motifs is 1. The van der Waals surface area contributed by atoms with Crippen molar-refractivity contribution in [1.29, 1.82) is 0 Å². The van der Waals surface area contributed by atoms with Crippen LogP contribution >= 0.6 is 0 Å². The molecule has 2 aromatic carbocycles. The number of nitrogens with one attached hydrogen (secondary N) is 1. The second-order valence-corrected chi connectivity index (χ2v) is 10.6. The van der Waals surface area contributed by atoms with Gasteiger partial charge >= 0.3 is 0 Å². The summed E-state index contributed by atoms with van der Waals surface area (Å²) in [6, 6.07) is 14.8. The van der Waals surface area contributed by atoms with Crippen molar-refractivity contribution >= 4 is 11.6 Å². The number of anilines is 1. The lowest BCUT2D eigenvalue weighted by molar-refractivity contribution is -0.122. The number of rotatable bonds is 5. The largest absolute Gasteiger partial charge is 0.324 e.